The largest absolute Gasteiger partial charge is 0.490 e. The molecular weight excluding hydrogens is 284 g/mol. The van der Waals surface area contributed by atoms with Crippen molar-refractivity contribution in [3.63, 3.8) is 0 Å². The molecular formula is C15H14N4O3. The van der Waals surface area contributed by atoms with Gasteiger partial charge in [-0.1, -0.05) is 12.1 Å². The lowest BCUT2D eigenvalue weighted by Gasteiger charge is -2.28. The highest BCUT2D eigenvalue weighted by atomic mass is 16.5. The summed E-state index contributed by atoms with van der Waals surface area (Å²) in [6.07, 6.45) is 0. The molecule has 0 saturated heterocycles. The summed E-state index contributed by atoms with van der Waals surface area (Å²) in [6, 6.07) is 8.75. The molecule has 1 amide bonds. The van der Waals surface area contributed by atoms with Gasteiger partial charge in [-0.25, -0.2) is 0 Å². The number of rotatable bonds is 4. The SMILES string of the molecule is CCOc1cccc2c1OC(N)=C(C#N)C2C(C#N)C(N)=O. The number of nitrogens with zero attached hydrogens (tertiary/aromatic N) is 2. The Hall–Kier alpha value is -3.19. The highest BCUT2D eigenvalue weighted by Gasteiger charge is 2.39. The number of hydrogen-bond acceptors (Lipinski definition) is 6. The highest BCUT2D eigenvalue weighted by molar-refractivity contribution is 5.82. The Morgan fingerprint density at radius 1 is 1.50 bits per heavy atom. The number of nitriles is 2. The quantitative estimate of drug-likeness (QED) is 0.847. The molecule has 1 aliphatic heterocycles. The number of amides is 1. The summed E-state index contributed by atoms with van der Waals surface area (Å²) in [5.41, 5.74) is 11.5. The van der Waals surface area contributed by atoms with Crippen LogP contribution < -0.4 is 20.9 Å². The van der Waals surface area contributed by atoms with Crippen molar-refractivity contribution in [2.75, 3.05) is 6.61 Å². The predicted molar refractivity (Wildman–Crippen MR) is 76.1 cm³/mol. The van der Waals surface area contributed by atoms with Crippen molar-refractivity contribution in [1.29, 1.82) is 10.5 Å². The number of allylic oxidation sites excluding steroid dienone is 1. The van der Waals surface area contributed by atoms with E-state index in [9.17, 15) is 15.3 Å². The zero-order valence-corrected chi connectivity index (χ0v) is 11.9. The van der Waals surface area contributed by atoms with E-state index in [0.29, 0.717) is 23.7 Å². The van der Waals surface area contributed by atoms with E-state index in [1.807, 2.05) is 12.1 Å². The number of primary amides is 1. The van der Waals surface area contributed by atoms with E-state index in [2.05, 4.69) is 0 Å². The maximum atomic E-state index is 11.6. The average Bonchev–Trinajstić information content (AvgIpc) is 2.48. The molecule has 112 valence electrons. The minimum Gasteiger partial charge on any atom is -0.490 e. The smallest absolute Gasteiger partial charge is 0.235 e. The van der Waals surface area contributed by atoms with Gasteiger partial charge in [-0.05, 0) is 13.0 Å². The van der Waals surface area contributed by atoms with Gasteiger partial charge >= 0.3 is 0 Å². The van der Waals surface area contributed by atoms with Crippen molar-refractivity contribution in [2.24, 2.45) is 17.4 Å². The van der Waals surface area contributed by atoms with Crippen molar-refractivity contribution in [3.05, 3.63) is 35.2 Å². The van der Waals surface area contributed by atoms with Crippen molar-refractivity contribution >= 4 is 5.91 Å². The van der Waals surface area contributed by atoms with E-state index < -0.39 is 17.7 Å². The van der Waals surface area contributed by atoms with E-state index in [4.69, 9.17) is 20.9 Å². The minimum atomic E-state index is -1.23. The molecule has 0 spiro atoms. The Bertz CT molecular complexity index is 727. The molecule has 1 aromatic carbocycles. The van der Waals surface area contributed by atoms with Gasteiger partial charge in [0.1, 0.15) is 12.0 Å². The van der Waals surface area contributed by atoms with Crippen molar-refractivity contribution in [2.45, 2.75) is 12.8 Å². The Labute approximate surface area is 127 Å². The van der Waals surface area contributed by atoms with Crippen molar-refractivity contribution < 1.29 is 14.3 Å². The van der Waals surface area contributed by atoms with Crippen LogP contribution in [-0.4, -0.2) is 12.5 Å². The molecule has 7 heteroatoms. The first-order valence-electron chi connectivity index (χ1n) is 6.57. The van der Waals surface area contributed by atoms with Gasteiger partial charge in [0.2, 0.25) is 11.8 Å². The van der Waals surface area contributed by atoms with Crippen LogP contribution in [0.4, 0.5) is 0 Å². The van der Waals surface area contributed by atoms with E-state index >= 15 is 0 Å². The third-order valence-corrected chi connectivity index (χ3v) is 3.33. The molecule has 0 bridgehead atoms. The number of hydrogen-bond donors (Lipinski definition) is 2. The van der Waals surface area contributed by atoms with Crippen LogP contribution in [-0.2, 0) is 4.79 Å². The third-order valence-electron chi connectivity index (χ3n) is 3.33. The Morgan fingerprint density at radius 3 is 2.77 bits per heavy atom. The van der Waals surface area contributed by atoms with Crippen LogP contribution in [0.2, 0.25) is 0 Å². The van der Waals surface area contributed by atoms with Gasteiger partial charge in [-0.3, -0.25) is 4.79 Å². The molecule has 0 aromatic heterocycles. The molecule has 1 aliphatic rings. The summed E-state index contributed by atoms with van der Waals surface area (Å²) >= 11 is 0. The van der Waals surface area contributed by atoms with Crippen LogP contribution in [0.3, 0.4) is 0 Å². The number of carbonyl (C=O) groups excluding carboxylic acids is 1. The number of ether oxygens (including phenoxy) is 2. The lowest BCUT2D eigenvalue weighted by molar-refractivity contribution is -0.120. The zero-order chi connectivity index (χ0) is 16.3. The fourth-order valence-electron chi connectivity index (χ4n) is 2.40. The maximum Gasteiger partial charge on any atom is 0.235 e. The van der Waals surface area contributed by atoms with Gasteiger partial charge in [0.25, 0.3) is 0 Å². The summed E-state index contributed by atoms with van der Waals surface area (Å²) in [7, 11) is 0. The summed E-state index contributed by atoms with van der Waals surface area (Å²) in [6.45, 7) is 2.21. The van der Waals surface area contributed by atoms with Crippen LogP contribution >= 0.6 is 0 Å². The molecule has 7 nitrogen and oxygen atoms in total. The predicted octanol–water partition coefficient (Wildman–Crippen LogP) is 0.880. The van der Waals surface area contributed by atoms with Gasteiger partial charge in [0, 0.05) is 5.56 Å². The fourth-order valence-corrected chi connectivity index (χ4v) is 2.40. The highest BCUT2D eigenvalue weighted by Crippen LogP contribution is 2.46. The number of nitrogens with two attached hydrogens (primary N) is 2. The van der Waals surface area contributed by atoms with Crippen LogP contribution in [0.5, 0.6) is 11.5 Å². The van der Waals surface area contributed by atoms with Crippen molar-refractivity contribution in [3.8, 4) is 23.6 Å². The van der Waals surface area contributed by atoms with Crippen LogP contribution in [0, 0.1) is 28.6 Å². The Morgan fingerprint density at radius 2 is 2.23 bits per heavy atom. The monoisotopic (exact) mass is 298 g/mol. The first-order valence-corrected chi connectivity index (χ1v) is 6.57. The molecule has 2 rings (SSSR count). The van der Waals surface area contributed by atoms with E-state index in [0.717, 1.165) is 0 Å². The van der Waals surface area contributed by atoms with Gasteiger partial charge in [-0.2, -0.15) is 10.5 Å². The summed E-state index contributed by atoms with van der Waals surface area (Å²) in [4.78, 5) is 11.6. The Kier molecular flexibility index (Phi) is 4.19. The van der Waals surface area contributed by atoms with Crippen molar-refractivity contribution in [1.82, 2.24) is 0 Å². The van der Waals surface area contributed by atoms with Gasteiger partial charge < -0.3 is 20.9 Å². The summed E-state index contributed by atoms with van der Waals surface area (Å²) < 4.78 is 10.9. The molecule has 2 atom stereocenters. The fraction of sp³-hybridized carbons (Fsp3) is 0.267. The zero-order valence-electron chi connectivity index (χ0n) is 11.9. The first-order chi connectivity index (χ1) is 10.5. The molecule has 0 fully saturated rings. The van der Waals surface area contributed by atoms with Crippen LogP contribution in [0.15, 0.2) is 29.7 Å². The number of fused-ring (bicyclic) bond motifs is 1. The van der Waals surface area contributed by atoms with Gasteiger partial charge in [0.15, 0.2) is 11.5 Å². The third kappa shape index (κ3) is 2.40. The maximum absolute atomic E-state index is 11.6. The molecule has 1 heterocycles. The summed E-state index contributed by atoms with van der Waals surface area (Å²) in [5, 5.41) is 18.5. The first kappa shape index (κ1) is 15.2. The van der Waals surface area contributed by atoms with Crippen LogP contribution in [0.1, 0.15) is 18.4 Å². The number of benzene rings is 1. The second-order valence-corrected chi connectivity index (χ2v) is 4.59. The molecule has 0 radical (unpaired) electrons. The molecule has 2 unspecified atom stereocenters. The van der Waals surface area contributed by atoms with Gasteiger partial charge in [0.05, 0.1) is 24.2 Å². The molecule has 1 aromatic rings. The summed E-state index contributed by atoms with van der Waals surface area (Å²) in [5.74, 6) is -2.38. The average molecular weight is 298 g/mol. The van der Waals surface area contributed by atoms with E-state index in [1.165, 1.54) is 0 Å². The van der Waals surface area contributed by atoms with Gasteiger partial charge in [-0.15, -0.1) is 0 Å². The molecule has 22 heavy (non-hydrogen) atoms. The second-order valence-electron chi connectivity index (χ2n) is 4.59. The lowest BCUT2D eigenvalue weighted by Crippen LogP contribution is -2.32. The molecule has 0 aliphatic carbocycles. The Balaban J connectivity index is 2.67. The molecule has 0 saturated carbocycles. The van der Waals surface area contributed by atoms with E-state index in [-0.39, 0.29) is 11.5 Å². The normalized spacial score (nSPS) is 17.5. The second kappa shape index (κ2) is 6.06. The number of para-hydroxylation sites is 1. The van der Waals surface area contributed by atoms with E-state index in [1.54, 1.807) is 25.1 Å². The number of carbonyl (C=O) groups is 1. The molecule has 4 N–H and O–H groups in total. The minimum absolute atomic E-state index is 0.00602. The standard InChI is InChI=1S/C15H14N4O3/c1-2-21-11-5-3-4-8-12(9(6-16)14(18)20)10(7-17)15(19)22-13(8)11/h3-5,9,12H,2,19H2,1H3,(H2,18,20). The topological polar surface area (TPSA) is 135 Å². The van der Waals surface area contributed by atoms with Crippen LogP contribution in [0.25, 0.3) is 0 Å². The lowest BCUT2D eigenvalue weighted by atomic mass is 9.79.